The number of carbonyl (C=O) groups excluding carboxylic acids is 1. The van der Waals surface area contributed by atoms with Crippen LogP contribution in [0.3, 0.4) is 0 Å². The van der Waals surface area contributed by atoms with Crippen molar-refractivity contribution in [2.45, 2.75) is 39.7 Å². The summed E-state index contributed by atoms with van der Waals surface area (Å²) < 4.78 is 10.5. The van der Waals surface area contributed by atoms with Crippen molar-refractivity contribution >= 4 is 5.91 Å². The van der Waals surface area contributed by atoms with Gasteiger partial charge in [-0.2, -0.15) is 0 Å². The van der Waals surface area contributed by atoms with Crippen LogP contribution in [0, 0.1) is 5.92 Å². The Labute approximate surface area is 121 Å². The first-order valence-electron chi connectivity index (χ1n) is 7.07. The topological polar surface area (TPSA) is 47.6 Å². The third kappa shape index (κ3) is 6.45. The lowest BCUT2D eigenvalue weighted by Gasteiger charge is -2.15. The maximum absolute atomic E-state index is 11.7. The highest BCUT2D eigenvalue weighted by Gasteiger charge is 2.08. The van der Waals surface area contributed by atoms with Crippen molar-refractivity contribution in [2.75, 3.05) is 13.7 Å². The summed E-state index contributed by atoms with van der Waals surface area (Å²) in [6, 6.07) is 7.36. The zero-order valence-corrected chi connectivity index (χ0v) is 12.8. The first-order chi connectivity index (χ1) is 9.51. The highest BCUT2D eigenvalue weighted by Crippen LogP contribution is 2.16. The molecule has 1 rings (SSSR count). The summed E-state index contributed by atoms with van der Waals surface area (Å²) in [6.07, 6.45) is 2.10. The Morgan fingerprint density at radius 3 is 2.25 bits per heavy atom. The standard InChI is InChI=1S/C16H25NO3/c1-12(2)5-6-13(3)17-16(18)11-20-15-9-7-14(19-4)8-10-15/h7-10,12-13H,5-6,11H2,1-4H3,(H,17,18). The van der Waals surface area contributed by atoms with E-state index in [1.165, 1.54) is 0 Å². The minimum Gasteiger partial charge on any atom is -0.497 e. The Morgan fingerprint density at radius 2 is 1.70 bits per heavy atom. The molecule has 20 heavy (non-hydrogen) atoms. The highest BCUT2D eigenvalue weighted by atomic mass is 16.5. The normalized spacial score (nSPS) is 12.1. The van der Waals surface area contributed by atoms with E-state index in [4.69, 9.17) is 9.47 Å². The van der Waals surface area contributed by atoms with Gasteiger partial charge in [-0.1, -0.05) is 13.8 Å². The number of amides is 1. The number of benzene rings is 1. The first-order valence-corrected chi connectivity index (χ1v) is 7.07. The van der Waals surface area contributed by atoms with E-state index >= 15 is 0 Å². The van der Waals surface area contributed by atoms with Crippen LogP contribution in [-0.4, -0.2) is 25.7 Å². The molecule has 0 aliphatic heterocycles. The molecule has 0 saturated carbocycles. The fraction of sp³-hybridized carbons (Fsp3) is 0.562. The van der Waals surface area contributed by atoms with Crippen LogP contribution in [0.25, 0.3) is 0 Å². The van der Waals surface area contributed by atoms with Gasteiger partial charge in [0.2, 0.25) is 0 Å². The fourth-order valence-electron chi connectivity index (χ4n) is 1.79. The van der Waals surface area contributed by atoms with Crippen molar-refractivity contribution < 1.29 is 14.3 Å². The first kappa shape index (κ1) is 16.3. The van der Waals surface area contributed by atoms with E-state index in [-0.39, 0.29) is 18.6 Å². The Balaban J connectivity index is 2.28. The van der Waals surface area contributed by atoms with Gasteiger partial charge in [-0.25, -0.2) is 0 Å². The van der Waals surface area contributed by atoms with E-state index in [0.29, 0.717) is 11.7 Å². The van der Waals surface area contributed by atoms with Gasteiger partial charge in [0, 0.05) is 6.04 Å². The number of carbonyl (C=O) groups is 1. The molecule has 0 heterocycles. The quantitative estimate of drug-likeness (QED) is 0.795. The molecule has 0 aliphatic carbocycles. The van der Waals surface area contributed by atoms with E-state index in [1.54, 1.807) is 31.4 Å². The predicted molar refractivity (Wildman–Crippen MR) is 80.2 cm³/mol. The molecule has 4 nitrogen and oxygen atoms in total. The average Bonchev–Trinajstić information content (AvgIpc) is 2.43. The molecule has 1 aromatic carbocycles. The number of nitrogens with one attached hydrogen (secondary N) is 1. The van der Waals surface area contributed by atoms with Crippen LogP contribution < -0.4 is 14.8 Å². The number of hydrogen-bond donors (Lipinski definition) is 1. The molecule has 1 aromatic rings. The molecular formula is C16H25NO3. The van der Waals surface area contributed by atoms with Gasteiger partial charge in [-0.15, -0.1) is 0 Å². The third-order valence-electron chi connectivity index (χ3n) is 3.01. The highest BCUT2D eigenvalue weighted by molar-refractivity contribution is 5.77. The molecule has 0 aromatic heterocycles. The van der Waals surface area contributed by atoms with Crippen LogP contribution in [0.5, 0.6) is 11.5 Å². The zero-order chi connectivity index (χ0) is 15.0. The summed E-state index contributed by atoms with van der Waals surface area (Å²) in [5.74, 6) is 2.00. The molecule has 0 saturated heterocycles. The lowest BCUT2D eigenvalue weighted by atomic mass is 10.0. The van der Waals surface area contributed by atoms with E-state index in [9.17, 15) is 4.79 Å². The van der Waals surface area contributed by atoms with E-state index in [0.717, 1.165) is 18.6 Å². The molecule has 1 unspecified atom stereocenters. The monoisotopic (exact) mass is 279 g/mol. The Hall–Kier alpha value is -1.71. The molecule has 1 amide bonds. The molecule has 112 valence electrons. The van der Waals surface area contributed by atoms with Gasteiger partial charge in [-0.05, 0) is 49.9 Å². The third-order valence-corrected chi connectivity index (χ3v) is 3.01. The molecule has 1 atom stereocenters. The van der Waals surface area contributed by atoms with Gasteiger partial charge in [0.15, 0.2) is 6.61 Å². The molecule has 4 heteroatoms. The number of ether oxygens (including phenoxy) is 2. The molecule has 0 aliphatic rings. The Bertz CT molecular complexity index is 401. The second kappa shape index (κ2) is 8.46. The van der Waals surface area contributed by atoms with Gasteiger partial charge in [-0.3, -0.25) is 4.79 Å². The second-order valence-electron chi connectivity index (χ2n) is 5.40. The lowest BCUT2D eigenvalue weighted by Crippen LogP contribution is -2.36. The summed E-state index contributed by atoms with van der Waals surface area (Å²) in [6.45, 7) is 6.43. The SMILES string of the molecule is COc1ccc(OCC(=O)NC(C)CCC(C)C)cc1. The van der Waals surface area contributed by atoms with Crippen LogP contribution in [0.4, 0.5) is 0 Å². The number of hydrogen-bond acceptors (Lipinski definition) is 3. The molecule has 0 radical (unpaired) electrons. The minimum absolute atomic E-state index is 0.0400. The zero-order valence-electron chi connectivity index (χ0n) is 12.8. The molecule has 1 N–H and O–H groups in total. The van der Waals surface area contributed by atoms with Gasteiger partial charge >= 0.3 is 0 Å². The molecule has 0 spiro atoms. The fourth-order valence-corrected chi connectivity index (χ4v) is 1.79. The predicted octanol–water partition coefficient (Wildman–Crippen LogP) is 3.01. The van der Waals surface area contributed by atoms with E-state index in [1.807, 2.05) is 6.92 Å². The summed E-state index contributed by atoms with van der Waals surface area (Å²) >= 11 is 0. The summed E-state index contributed by atoms with van der Waals surface area (Å²) in [5, 5.41) is 2.94. The smallest absolute Gasteiger partial charge is 0.258 e. The molecular weight excluding hydrogens is 254 g/mol. The van der Waals surface area contributed by atoms with Crippen LogP contribution in [-0.2, 0) is 4.79 Å². The van der Waals surface area contributed by atoms with Crippen molar-refractivity contribution in [3.8, 4) is 11.5 Å². The van der Waals surface area contributed by atoms with Crippen LogP contribution in [0.2, 0.25) is 0 Å². The Kier molecular flexibility index (Phi) is 6.91. The van der Waals surface area contributed by atoms with Crippen molar-refractivity contribution in [3.05, 3.63) is 24.3 Å². The Morgan fingerprint density at radius 1 is 1.10 bits per heavy atom. The van der Waals surface area contributed by atoms with E-state index in [2.05, 4.69) is 19.2 Å². The number of rotatable bonds is 8. The summed E-state index contributed by atoms with van der Waals surface area (Å²) in [5.41, 5.74) is 0. The van der Waals surface area contributed by atoms with E-state index < -0.39 is 0 Å². The lowest BCUT2D eigenvalue weighted by molar-refractivity contribution is -0.123. The molecule has 0 fully saturated rings. The largest absolute Gasteiger partial charge is 0.497 e. The average molecular weight is 279 g/mol. The van der Waals surface area contributed by atoms with Gasteiger partial charge in [0.25, 0.3) is 5.91 Å². The van der Waals surface area contributed by atoms with Crippen molar-refractivity contribution in [1.29, 1.82) is 0 Å². The van der Waals surface area contributed by atoms with Gasteiger partial charge < -0.3 is 14.8 Å². The number of methoxy groups -OCH3 is 1. The maximum Gasteiger partial charge on any atom is 0.258 e. The van der Waals surface area contributed by atoms with Gasteiger partial charge in [0.05, 0.1) is 7.11 Å². The molecule has 0 bridgehead atoms. The van der Waals surface area contributed by atoms with Crippen LogP contribution in [0.1, 0.15) is 33.6 Å². The minimum atomic E-state index is -0.0860. The van der Waals surface area contributed by atoms with Crippen molar-refractivity contribution in [2.24, 2.45) is 5.92 Å². The second-order valence-corrected chi connectivity index (χ2v) is 5.40. The van der Waals surface area contributed by atoms with Crippen LogP contribution >= 0.6 is 0 Å². The van der Waals surface area contributed by atoms with Crippen LogP contribution in [0.15, 0.2) is 24.3 Å². The summed E-state index contributed by atoms with van der Waals surface area (Å²) in [7, 11) is 1.61. The van der Waals surface area contributed by atoms with Gasteiger partial charge in [0.1, 0.15) is 11.5 Å². The van der Waals surface area contributed by atoms with Crippen molar-refractivity contribution in [3.63, 3.8) is 0 Å². The van der Waals surface area contributed by atoms with Crippen molar-refractivity contribution in [1.82, 2.24) is 5.32 Å². The summed E-state index contributed by atoms with van der Waals surface area (Å²) in [4.78, 5) is 11.7. The maximum atomic E-state index is 11.7.